The molecule has 0 saturated heterocycles. The van der Waals surface area contributed by atoms with Gasteiger partial charge < -0.3 is 5.11 Å². The van der Waals surface area contributed by atoms with Crippen molar-refractivity contribution < 1.29 is 5.11 Å². The Morgan fingerprint density at radius 1 is 0.889 bits per heavy atom. The summed E-state index contributed by atoms with van der Waals surface area (Å²) in [6.07, 6.45) is 0. The van der Waals surface area contributed by atoms with Crippen LogP contribution in [0.1, 0.15) is 45.7 Å². The van der Waals surface area contributed by atoms with Crippen molar-refractivity contribution in [2.24, 2.45) is 0 Å². The normalized spacial score (nSPS) is 11.0. The van der Waals surface area contributed by atoms with E-state index in [9.17, 15) is 5.11 Å². The van der Waals surface area contributed by atoms with E-state index in [-0.39, 0.29) is 5.41 Å². The second-order valence-electron chi connectivity index (χ2n) is 5.89. The van der Waals surface area contributed by atoms with E-state index in [2.05, 4.69) is 56.6 Å². The minimum Gasteiger partial charge on any atom is -0.378 e. The molecule has 1 aromatic carbocycles. The van der Waals surface area contributed by atoms with E-state index in [1.54, 1.807) is 13.8 Å². The van der Waals surface area contributed by atoms with Crippen LogP contribution in [-0.2, 0) is 5.41 Å². The van der Waals surface area contributed by atoms with Crippen LogP contribution in [-0.4, -0.2) is 10.7 Å². The Hall–Kier alpha value is -1.70. The summed E-state index contributed by atoms with van der Waals surface area (Å²) in [5.74, 6) is 11.0. The van der Waals surface area contributed by atoms with Crippen LogP contribution in [0, 0.1) is 23.7 Å². The van der Waals surface area contributed by atoms with Crippen LogP contribution < -0.4 is 0 Å². The van der Waals surface area contributed by atoms with Gasteiger partial charge in [-0.1, -0.05) is 44.7 Å². The smallest absolute Gasteiger partial charge is 0.120 e. The summed E-state index contributed by atoms with van der Waals surface area (Å²) in [5, 5.41) is 9.40. The van der Waals surface area contributed by atoms with Crippen molar-refractivity contribution in [1.29, 1.82) is 0 Å². The predicted octanol–water partition coefficient (Wildman–Crippen LogP) is 3.11. The first-order valence-electron chi connectivity index (χ1n) is 6.04. The first-order chi connectivity index (χ1) is 8.18. The highest BCUT2D eigenvalue weighted by atomic mass is 16.3. The standard InChI is InChI=1S/C17H20O/c1-16(2,3)15-11-9-14(10-12-15)8-6-7-13-17(4,5)18/h9-12,18H,1-5H3. The number of benzene rings is 1. The van der Waals surface area contributed by atoms with Crippen LogP contribution in [0.5, 0.6) is 0 Å². The molecular weight excluding hydrogens is 220 g/mol. The van der Waals surface area contributed by atoms with Crippen molar-refractivity contribution in [2.45, 2.75) is 45.6 Å². The fraction of sp³-hybridized carbons (Fsp3) is 0.412. The highest BCUT2D eigenvalue weighted by Crippen LogP contribution is 2.21. The molecule has 94 valence electrons. The van der Waals surface area contributed by atoms with Gasteiger partial charge in [0.05, 0.1) is 0 Å². The number of aliphatic hydroxyl groups is 1. The monoisotopic (exact) mass is 240 g/mol. The van der Waals surface area contributed by atoms with Crippen molar-refractivity contribution in [3.63, 3.8) is 0 Å². The largest absolute Gasteiger partial charge is 0.378 e. The maximum absolute atomic E-state index is 9.40. The summed E-state index contributed by atoms with van der Waals surface area (Å²) in [5.41, 5.74) is 1.40. The molecule has 0 bridgehead atoms. The second kappa shape index (κ2) is 5.30. The maximum atomic E-state index is 9.40. The van der Waals surface area contributed by atoms with Gasteiger partial charge in [-0.3, -0.25) is 0 Å². The molecule has 0 unspecified atom stereocenters. The SMILES string of the molecule is CC(C)(O)C#CC#Cc1ccc(C(C)(C)C)cc1. The lowest BCUT2D eigenvalue weighted by atomic mass is 9.87. The summed E-state index contributed by atoms with van der Waals surface area (Å²) in [7, 11) is 0. The van der Waals surface area contributed by atoms with Gasteiger partial charge in [0.1, 0.15) is 5.60 Å². The van der Waals surface area contributed by atoms with Crippen LogP contribution in [0.25, 0.3) is 0 Å². The zero-order chi connectivity index (χ0) is 13.8. The Labute approximate surface area is 110 Å². The van der Waals surface area contributed by atoms with Crippen molar-refractivity contribution in [2.75, 3.05) is 0 Å². The molecule has 0 aromatic heterocycles. The molecule has 1 N–H and O–H groups in total. The van der Waals surface area contributed by atoms with E-state index < -0.39 is 5.60 Å². The fourth-order valence-corrected chi connectivity index (χ4v) is 1.34. The topological polar surface area (TPSA) is 20.2 Å². The van der Waals surface area contributed by atoms with E-state index >= 15 is 0 Å². The van der Waals surface area contributed by atoms with Gasteiger partial charge in [0.2, 0.25) is 0 Å². The van der Waals surface area contributed by atoms with Crippen LogP contribution in [0.2, 0.25) is 0 Å². The van der Waals surface area contributed by atoms with Gasteiger partial charge in [-0.15, -0.1) is 0 Å². The lowest BCUT2D eigenvalue weighted by Crippen LogP contribution is -2.14. The van der Waals surface area contributed by atoms with Crippen LogP contribution in [0.15, 0.2) is 24.3 Å². The number of hydrogen-bond donors (Lipinski definition) is 1. The second-order valence-corrected chi connectivity index (χ2v) is 5.89. The summed E-state index contributed by atoms with van der Waals surface area (Å²) in [6.45, 7) is 9.83. The minimum absolute atomic E-state index is 0.159. The van der Waals surface area contributed by atoms with E-state index in [4.69, 9.17) is 0 Å². The van der Waals surface area contributed by atoms with Gasteiger partial charge >= 0.3 is 0 Å². The summed E-state index contributed by atoms with van der Waals surface area (Å²) in [6, 6.07) is 8.18. The molecule has 0 amide bonds. The molecule has 1 nitrogen and oxygen atoms in total. The van der Waals surface area contributed by atoms with Crippen molar-refractivity contribution in [1.82, 2.24) is 0 Å². The van der Waals surface area contributed by atoms with Crippen LogP contribution >= 0.6 is 0 Å². The molecule has 1 heteroatoms. The van der Waals surface area contributed by atoms with E-state index in [0.717, 1.165) is 5.56 Å². The van der Waals surface area contributed by atoms with Crippen LogP contribution in [0.4, 0.5) is 0 Å². The molecular formula is C17H20O. The molecule has 0 aliphatic rings. The Kier molecular flexibility index (Phi) is 4.23. The van der Waals surface area contributed by atoms with Gasteiger partial charge in [0.25, 0.3) is 0 Å². The molecule has 0 spiro atoms. The summed E-state index contributed by atoms with van der Waals surface area (Å²) in [4.78, 5) is 0. The maximum Gasteiger partial charge on any atom is 0.120 e. The number of rotatable bonds is 0. The Morgan fingerprint density at radius 2 is 1.44 bits per heavy atom. The first-order valence-corrected chi connectivity index (χ1v) is 6.04. The summed E-state index contributed by atoms with van der Waals surface area (Å²) < 4.78 is 0. The van der Waals surface area contributed by atoms with Crippen molar-refractivity contribution in [3.05, 3.63) is 35.4 Å². The number of hydrogen-bond acceptors (Lipinski definition) is 1. The Morgan fingerprint density at radius 3 is 1.89 bits per heavy atom. The Balaban J connectivity index is 2.82. The zero-order valence-corrected chi connectivity index (χ0v) is 11.8. The minimum atomic E-state index is -0.981. The third-order valence-electron chi connectivity index (χ3n) is 2.39. The molecule has 1 rings (SSSR count). The molecule has 0 heterocycles. The summed E-state index contributed by atoms with van der Waals surface area (Å²) >= 11 is 0. The molecule has 0 saturated carbocycles. The predicted molar refractivity (Wildman–Crippen MR) is 76.1 cm³/mol. The van der Waals surface area contributed by atoms with E-state index in [0.29, 0.717) is 0 Å². The highest BCUT2D eigenvalue weighted by molar-refractivity contribution is 5.42. The Bertz CT molecular complexity index is 514. The quantitative estimate of drug-likeness (QED) is 0.691. The third-order valence-corrected chi connectivity index (χ3v) is 2.39. The molecule has 0 radical (unpaired) electrons. The van der Waals surface area contributed by atoms with Gasteiger partial charge in [0.15, 0.2) is 0 Å². The van der Waals surface area contributed by atoms with Crippen molar-refractivity contribution in [3.8, 4) is 23.7 Å². The van der Waals surface area contributed by atoms with E-state index in [1.165, 1.54) is 5.56 Å². The van der Waals surface area contributed by atoms with E-state index in [1.807, 2.05) is 12.1 Å². The molecule has 0 aliphatic heterocycles. The molecule has 1 aromatic rings. The van der Waals surface area contributed by atoms with Gasteiger partial charge in [-0.05, 0) is 48.8 Å². The first kappa shape index (κ1) is 14.4. The average molecular weight is 240 g/mol. The molecule has 18 heavy (non-hydrogen) atoms. The van der Waals surface area contributed by atoms with Crippen LogP contribution in [0.3, 0.4) is 0 Å². The molecule has 0 fully saturated rings. The lowest BCUT2D eigenvalue weighted by Gasteiger charge is -2.18. The average Bonchev–Trinajstić information content (AvgIpc) is 2.22. The molecule has 0 atom stereocenters. The molecule has 0 aliphatic carbocycles. The van der Waals surface area contributed by atoms with Gasteiger partial charge in [0, 0.05) is 5.56 Å². The zero-order valence-electron chi connectivity index (χ0n) is 11.8. The van der Waals surface area contributed by atoms with Crippen molar-refractivity contribution >= 4 is 0 Å². The lowest BCUT2D eigenvalue weighted by molar-refractivity contribution is 0.143. The van der Waals surface area contributed by atoms with Gasteiger partial charge in [-0.2, -0.15) is 0 Å². The highest BCUT2D eigenvalue weighted by Gasteiger charge is 2.12. The third kappa shape index (κ3) is 5.09. The van der Waals surface area contributed by atoms with Gasteiger partial charge in [-0.25, -0.2) is 0 Å². The fourth-order valence-electron chi connectivity index (χ4n) is 1.34.